The first-order valence-corrected chi connectivity index (χ1v) is 11.1. The van der Waals surface area contributed by atoms with Crippen LogP contribution in [0.3, 0.4) is 0 Å². The van der Waals surface area contributed by atoms with Crippen molar-refractivity contribution in [3.63, 3.8) is 0 Å². The van der Waals surface area contributed by atoms with Crippen LogP contribution in [0.4, 0.5) is 16.2 Å². The van der Waals surface area contributed by atoms with E-state index >= 15 is 0 Å². The maximum atomic E-state index is 14.2. The number of nitrogens with one attached hydrogen (secondary N) is 1. The number of anilines is 2. The number of fused-ring (bicyclic) bond motifs is 4. The molecule has 4 atom stereocenters. The maximum Gasteiger partial charge on any atom is 0.335 e. The van der Waals surface area contributed by atoms with Gasteiger partial charge in [0.05, 0.1) is 18.8 Å². The maximum absolute atomic E-state index is 14.2. The number of rotatable bonds is 2. The number of hydrogen-bond donors (Lipinski definition) is 1. The van der Waals surface area contributed by atoms with Crippen molar-refractivity contribution in [1.29, 1.82) is 0 Å². The number of amides is 4. The minimum Gasteiger partial charge on any atom is -0.497 e. The predicted molar refractivity (Wildman–Crippen MR) is 121 cm³/mol. The molecule has 2 saturated heterocycles. The number of hydrogen-bond acceptors (Lipinski definition) is 5. The Morgan fingerprint density at radius 2 is 1.75 bits per heavy atom. The van der Waals surface area contributed by atoms with E-state index in [0.717, 1.165) is 29.1 Å². The molecule has 2 aromatic rings. The van der Waals surface area contributed by atoms with Crippen molar-refractivity contribution in [2.75, 3.05) is 23.5 Å². The van der Waals surface area contributed by atoms with Gasteiger partial charge in [-0.15, -0.1) is 0 Å². The summed E-state index contributed by atoms with van der Waals surface area (Å²) < 4.78 is 5.21. The summed E-state index contributed by atoms with van der Waals surface area (Å²) in [6.45, 7) is 5.08. The summed E-state index contributed by atoms with van der Waals surface area (Å²) in [6, 6.07) is 13.7. The zero-order valence-corrected chi connectivity index (χ0v) is 18.5. The van der Waals surface area contributed by atoms with E-state index in [2.05, 4.69) is 30.1 Å². The number of imide groups is 2. The summed E-state index contributed by atoms with van der Waals surface area (Å²) >= 11 is 0. The average Bonchev–Trinajstić information content (AvgIpc) is 2.77. The van der Waals surface area contributed by atoms with E-state index in [1.54, 1.807) is 31.4 Å². The Morgan fingerprint density at radius 1 is 1.03 bits per heavy atom. The van der Waals surface area contributed by atoms with E-state index in [1.165, 1.54) is 0 Å². The summed E-state index contributed by atoms with van der Waals surface area (Å²) in [7, 11) is 1.56. The van der Waals surface area contributed by atoms with E-state index in [-0.39, 0.29) is 18.4 Å². The van der Waals surface area contributed by atoms with Crippen LogP contribution in [0.1, 0.15) is 25.8 Å². The van der Waals surface area contributed by atoms with Crippen LogP contribution >= 0.6 is 0 Å². The van der Waals surface area contributed by atoms with Gasteiger partial charge in [-0.3, -0.25) is 14.9 Å². The number of barbiturate groups is 1. The van der Waals surface area contributed by atoms with E-state index in [4.69, 9.17) is 4.74 Å². The zero-order valence-electron chi connectivity index (χ0n) is 18.5. The highest BCUT2D eigenvalue weighted by atomic mass is 16.5. The van der Waals surface area contributed by atoms with Crippen molar-refractivity contribution in [3.8, 4) is 5.75 Å². The van der Waals surface area contributed by atoms with Crippen LogP contribution in [-0.2, 0) is 16.0 Å². The van der Waals surface area contributed by atoms with Crippen LogP contribution in [0, 0.1) is 17.3 Å². The SMILES string of the molecule is COc1ccc(N2C(=O)NC(=O)[C@]3(Cc4ccccc4N4C[C@H](C)C[C@H](C)[C@@H]43)C2=O)cc1. The third-order valence-corrected chi connectivity index (χ3v) is 7.18. The van der Waals surface area contributed by atoms with Gasteiger partial charge in [-0.1, -0.05) is 32.0 Å². The van der Waals surface area contributed by atoms with Crippen molar-refractivity contribution in [1.82, 2.24) is 5.32 Å². The summed E-state index contributed by atoms with van der Waals surface area (Å²) in [5, 5.41) is 2.51. The molecular weight excluding hydrogens is 406 g/mol. The largest absolute Gasteiger partial charge is 0.497 e. The lowest BCUT2D eigenvalue weighted by molar-refractivity contribution is -0.146. The van der Waals surface area contributed by atoms with Crippen LogP contribution in [-0.4, -0.2) is 37.5 Å². The smallest absolute Gasteiger partial charge is 0.335 e. The highest BCUT2D eigenvalue weighted by molar-refractivity contribution is 6.30. The molecule has 0 aliphatic carbocycles. The fourth-order valence-electron chi connectivity index (χ4n) is 5.98. The topological polar surface area (TPSA) is 79.0 Å². The summed E-state index contributed by atoms with van der Waals surface area (Å²) in [4.78, 5) is 43.9. The highest BCUT2D eigenvalue weighted by Crippen LogP contribution is 2.50. The van der Waals surface area contributed by atoms with Crippen molar-refractivity contribution < 1.29 is 19.1 Å². The normalized spacial score (nSPS) is 29.5. The Labute approximate surface area is 187 Å². The molecule has 7 heteroatoms. The summed E-state index contributed by atoms with van der Waals surface area (Å²) in [6.07, 6.45) is 1.19. The molecule has 7 nitrogen and oxygen atoms in total. The summed E-state index contributed by atoms with van der Waals surface area (Å²) in [5.74, 6) is 0.209. The number of para-hydroxylation sites is 1. The van der Waals surface area contributed by atoms with E-state index < -0.39 is 23.3 Å². The molecule has 1 N–H and O–H groups in total. The molecule has 32 heavy (non-hydrogen) atoms. The van der Waals surface area contributed by atoms with Gasteiger partial charge in [-0.25, -0.2) is 9.69 Å². The molecule has 3 aliphatic heterocycles. The Bertz CT molecular complexity index is 1100. The predicted octanol–water partition coefficient (Wildman–Crippen LogP) is 3.37. The molecule has 3 aliphatic rings. The van der Waals surface area contributed by atoms with Gasteiger partial charge in [0.25, 0.3) is 5.91 Å². The third-order valence-electron chi connectivity index (χ3n) is 7.18. The monoisotopic (exact) mass is 433 g/mol. The highest BCUT2D eigenvalue weighted by Gasteiger charge is 2.64. The quantitative estimate of drug-likeness (QED) is 0.735. The fraction of sp³-hybridized carbons (Fsp3) is 0.400. The van der Waals surface area contributed by atoms with Gasteiger partial charge in [0.2, 0.25) is 5.91 Å². The molecule has 3 heterocycles. The number of nitrogens with zero attached hydrogens (tertiary/aromatic N) is 2. The van der Waals surface area contributed by atoms with Crippen molar-refractivity contribution in [2.45, 2.75) is 32.7 Å². The second-order valence-electron chi connectivity index (χ2n) is 9.29. The number of carbonyl (C=O) groups excluding carboxylic acids is 3. The van der Waals surface area contributed by atoms with Crippen LogP contribution in [0.2, 0.25) is 0 Å². The molecule has 4 amide bonds. The Balaban J connectivity index is 1.66. The zero-order chi connectivity index (χ0) is 22.6. The molecule has 5 rings (SSSR count). The van der Waals surface area contributed by atoms with Gasteiger partial charge in [-0.05, 0) is 60.6 Å². The molecule has 166 valence electrons. The van der Waals surface area contributed by atoms with Crippen molar-refractivity contribution >= 4 is 29.2 Å². The first-order chi connectivity index (χ1) is 15.4. The fourth-order valence-corrected chi connectivity index (χ4v) is 5.98. The molecule has 1 spiro atoms. The van der Waals surface area contributed by atoms with Crippen molar-refractivity contribution in [2.24, 2.45) is 17.3 Å². The molecular formula is C25H27N3O4. The Morgan fingerprint density at radius 3 is 2.47 bits per heavy atom. The second kappa shape index (κ2) is 7.36. The van der Waals surface area contributed by atoms with Gasteiger partial charge >= 0.3 is 6.03 Å². The molecule has 0 aromatic heterocycles. The lowest BCUT2D eigenvalue weighted by atomic mass is 9.62. The molecule has 0 unspecified atom stereocenters. The van der Waals surface area contributed by atoms with Gasteiger partial charge in [-0.2, -0.15) is 0 Å². The molecule has 0 radical (unpaired) electrons. The van der Waals surface area contributed by atoms with Gasteiger partial charge in [0, 0.05) is 12.2 Å². The first kappa shape index (κ1) is 20.5. The number of urea groups is 1. The minimum absolute atomic E-state index is 0.104. The number of methoxy groups -OCH3 is 1. The number of carbonyl (C=O) groups is 3. The molecule has 0 bridgehead atoms. The van der Waals surface area contributed by atoms with E-state index in [0.29, 0.717) is 17.4 Å². The van der Waals surface area contributed by atoms with Crippen LogP contribution in [0.5, 0.6) is 5.75 Å². The van der Waals surface area contributed by atoms with Crippen LogP contribution < -0.4 is 19.9 Å². The third kappa shape index (κ3) is 2.83. The number of ether oxygens (including phenoxy) is 1. The number of benzene rings is 2. The summed E-state index contributed by atoms with van der Waals surface area (Å²) in [5.41, 5.74) is 1.08. The van der Waals surface area contributed by atoms with Crippen molar-refractivity contribution in [3.05, 3.63) is 54.1 Å². The standard InChI is InChI=1S/C25H27N3O4/c1-15-12-16(2)21-25(13-17-6-4-5-7-20(17)27(21)14-15)22(29)26-24(31)28(23(25)30)18-8-10-19(32-3)11-9-18/h4-11,15-16,21H,12-14H2,1-3H3,(H,26,29,31)/t15-,16+,21-,25-/m1/s1. The van der Waals surface area contributed by atoms with Gasteiger partial charge in [0.1, 0.15) is 5.75 Å². The van der Waals surface area contributed by atoms with Crippen LogP contribution in [0.15, 0.2) is 48.5 Å². The Kier molecular flexibility index (Phi) is 4.73. The van der Waals surface area contributed by atoms with E-state index in [9.17, 15) is 14.4 Å². The average molecular weight is 434 g/mol. The van der Waals surface area contributed by atoms with Crippen LogP contribution in [0.25, 0.3) is 0 Å². The van der Waals surface area contributed by atoms with E-state index in [1.807, 2.05) is 18.2 Å². The Hall–Kier alpha value is -3.35. The second-order valence-corrected chi connectivity index (χ2v) is 9.29. The lowest BCUT2D eigenvalue weighted by Crippen LogP contribution is -2.74. The first-order valence-electron chi connectivity index (χ1n) is 11.1. The molecule has 0 saturated carbocycles. The van der Waals surface area contributed by atoms with Gasteiger partial charge in [0.15, 0.2) is 5.41 Å². The minimum atomic E-state index is -1.37. The molecule has 2 aromatic carbocycles. The van der Waals surface area contributed by atoms with Gasteiger partial charge < -0.3 is 9.64 Å². The molecule has 2 fully saturated rings. The lowest BCUT2D eigenvalue weighted by Gasteiger charge is -2.56. The number of piperidine rings is 1.